The van der Waals surface area contributed by atoms with Crippen molar-refractivity contribution in [1.82, 2.24) is 14.8 Å². The fourth-order valence-electron chi connectivity index (χ4n) is 1.75. The number of rotatable bonds is 4. The van der Waals surface area contributed by atoms with Gasteiger partial charge < -0.3 is 5.11 Å². The van der Waals surface area contributed by atoms with E-state index in [4.69, 9.17) is 0 Å². The molecule has 2 aromatic rings. The van der Waals surface area contributed by atoms with Crippen molar-refractivity contribution >= 4 is 0 Å². The molecule has 0 saturated heterocycles. The van der Waals surface area contributed by atoms with Gasteiger partial charge in [-0.05, 0) is 11.6 Å². The number of benzene rings is 1. The summed E-state index contributed by atoms with van der Waals surface area (Å²) in [5.74, 6) is -1.22. The molecule has 96 valence electrons. The first-order chi connectivity index (χ1) is 8.58. The van der Waals surface area contributed by atoms with Gasteiger partial charge in [-0.15, -0.1) is 0 Å². The zero-order valence-corrected chi connectivity index (χ0v) is 9.85. The number of nitrogens with zero attached hydrogens (tertiary/aromatic N) is 3. The number of aromatic nitrogens is 3. The van der Waals surface area contributed by atoms with Crippen molar-refractivity contribution < 1.29 is 13.9 Å². The van der Waals surface area contributed by atoms with Crippen LogP contribution in [-0.2, 0) is 19.9 Å². The van der Waals surface area contributed by atoms with Crippen LogP contribution in [-0.4, -0.2) is 26.0 Å². The molecule has 0 aliphatic carbocycles. The summed E-state index contributed by atoms with van der Waals surface area (Å²) in [6.07, 6.45) is 0.831. The van der Waals surface area contributed by atoms with E-state index in [-0.39, 0.29) is 18.4 Å². The van der Waals surface area contributed by atoms with E-state index in [1.165, 1.54) is 23.1 Å². The fourth-order valence-corrected chi connectivity index (χ4v) is 1.75. The van der Waals surface area contributed by atoms with Gasteiger partial charge in [-0.2, -0.15) is 5.10 Å². The van der Waals surface area contributed by atoms with Crippen molar-refractivity contribution in [3.8, 4) is 0 Å². The molecule has 4 nitrogen and oxygen atoms in total. The molecule has 1 heterocycles. The maximum absolute atomic E-state index is 13.4. The van der Waals surface area contributed by atoms with Gasteiger partial charge in [0.15, 0.2) is 11.6 Å². The van der Waals surface area contributed by atoms with Gasteiger partial charge in [-0.1, -0.05) is 12.1 Å². The van der Waals surface area contributed by atoms with Crippen molar-refractivity contribution in [3.63, 3.8) is 0 Å². The molecule has 0 amide bonds. The molecule has 0 aliphatic heterocycles. The first-order valence-corrected chi connectivity index (χ1v) is 5.51. The van der Waals surface area contributed by atoms with E-state index >= 15 is 0 Å². The molecule has 0 fully saturated rings. The molecule has 2 rings (SSSR count). The van der Waals surface area contributed by atoms with Crippen LogP contribution in [0.4, 0.5) is 8.78 Å². The van der Waals surface area contributed by atoms with Gasteiger partial charge in [0, 0.05) is 19.9 Å². The topological polar surface area (TPSA) is 50.9 Å². The molecule has 6 heteroatoms. The number of hydrogen-bond acceptors (Lipinski definition) is 3. The smallest absolute Gasteiger partial charge is 0.162 e. The van der Waals surface area contributed by atoms with Crippen molar-refractivity contribution in [3.05, 3.63) is 47.5 Å². The minimum atomic E-state index is -0.908. The number of hydrogen-bond donors (Lipinski definition) is 1. The van der Waals surface area contributed by atoms with Crippen LogP contribution < -0.4 is 0 Å². The van der Waals surface area contributed by atoms with Gasteiger partial charge in [-0.25, -0.2) is 13.8 Å². The molecule has 0 bridgehead atoms. The Bertz CT molecular complexity index is 542. The summed E-state index contributed by atoms with van der Waals surface area (Å²) >= 11 is 0. The van der Waals surface area contributed by atoms with E-state index in [2.05, 4.69) is 10.1 Å². The lowest BCUT2D eigenvalue weighted by Crippen LogP contribution is -2.17. The SMILES string of the molecule is Cn1ncnc1CC(O)Cc1cccc(F)c1F. The molecule has 18 heavy (non-hydrogen) atoms. The number of aliphatic hydroxyl groups excluding tert-OH is 1. The van der Waals surface area contributed by atoms with Crippen molar-refractivity contribution in [2.24, 2.45) is 7.05 Å². The monoisotopic (exact) mass is 253 g/mol. The van der Waals surface area contributed by atoms with Gasteiger partial charge >= 0.3 is 0 Å². The highest BCUT2D eigenvalue weighted by Crippen LogP contribution is 2.14. The van der Waals surface area contributed by atoms with Crippen molar-refractivity contribution in [2.45, 2.75) is 18.9 Å². The molecule has 0 radical (unpaired) electrons. The molecule has 0 aliphatic rings. The van der Waals surface area contributed by atoms with Crippen LogP contribution in [0, 0.1) is 11.6 Å². The third kappa shape index (κ3) is 2.70. The van der Waals surface area contributed by atoms with Gasteiger partial charge in [0.2, 0.25) is 0 Å². The second-order valence-corrected chi connectivity index (χ2v) is 4.07. The van der Waals surface area contributed by atoms with Crippen LogP contribution in [0.15, 0.2) is 24.5 Å². The third-order valence-electron chi connectivity index (χ3n) is 2.71. The minimum absolute atomic E-state index is 0.0381. The average molecular weight is 253 g/mol. The molecule has 1 unspecified atom stereocenters. The Labute approximate surface area is 103 Å². The molecule has 1 aromatic heterocycles. The summed E-state index contributed by atoms with van der Waals surface area (Å²) in [4.78, 5) is 3.96. The average Bonchev–Trinajstić information content (AvgIpc) is 2.71. The Balaban J connectivity index is 2.05. The standard InChI is InChI=1S/C12H13F2N3O/c1-17-11(15-7-16-17)6-9(18)5-8-3-2-4-10(13)12(8)14/h2-4,7,9,18H,5-6H2,1H3. The minimum Gasteiger partial charge on any atom is -0.392 e. The number of aryl methyl sites for hydroxylation is 1. The van der Waals surface area contributed by atoms with Crippen LogP contribution >= 0.6 is 0 Å². The maximum Gasteiger partial charge on any atom is 0.162 e. The second kappa shape index (κ2) is 5.22. The van der Waals surface area contributed by atoms with Crippen LogP contribution in [0.5, 0.6) is 0 Å². The van der Waals surface area contributed by atoms with Gasteiger partial charge in [0.25, 0.3) is 0 Å². The van der Waals surface area contributed by atoms with Crippen LogP contribution in [0.3, 0.4) is 0 Å². The lowest BCUT2D eigenvalue weighted by molar-refractivity contribution is 0.170. The predicted octanol–water partition coefficient (Wildman–Crippen LogP) is 1.24. The van der Waals surface area contributed by atoms with E-state index in [9.17, 15) is 13.9 Å². The Morgan fingerprint density at radius 2 is 2.11 bits per heavy atom. The summed E-state index contributed by atoms with van der Waals surface area (Å²) in [7, 11) is 1.71. The van der Waals surface area contributed by atoms with Gasteiger partial charge in [0.1, 0.15) is 12.2 Å². The van der Waals surface area contributed by atoms with Crippen LogP contribution in [0.25, 0.3) is 0 Å². The molecule has 1 atom stereocenters. The van der Waals surface area contributed by atoms with Gasteiger partial charge in [0.05, 0.1) is 6.10 Å². The molecular weight excluding hydrogens is 240 g/mol. The lowest BCUT2D eigenvalue weighted by atomic mass is 10.0. The Morgan fingerprint density at radius 3 is 2.78 bits per heavy atom. The molecule has 0 saturated carbocycles. The van der Waals surface area contributed by atoms with E-state index < -0.39 is 17.7 Å². The van der Waals surface area contributed by atoms with E-state index in [0.29, 0.717) is 5.82 Å². The highest BCUT2D eigenvalue weighted by Gasteiger charge is 2.14. The second-order valence-electron chi connectivity index (χ2n) is 4.07. The summed E-state index contributed by atoms with van der Waals surface area (Å²) in [5, 5.41) is 13.7. The highest BCUT2D eigenvalue weighted by atomic mass is 19.2. The van der Waals surface area contributed by atoms with E-state index in [0.717, 1.165) is 6.07 Å². The molecular formula is C12H13F2N3O. The van der Waals surface area contributed by atoms with Crippen LogP contribution in [0.1, 0.15) is 11.4 Å². The lowest BCUT2D eigenvalue weighted by Gasteiger charge is -2.10. The normalized spacial score (nSPS) is 12.7. The Morgan fingerprint density at radius 1 is 1.33 bits per heavy atom. The maximum atomic E-state index is 13.4. The zero-order valence-electron chi connectivity index (χ0n) is 9.85. The first kappa shape index (κ1) is 12.6. The van der Waals surface area contributed by atoms with Crippen molar-refractivity contribution in [1.29, 1.82) is 0 Å². The highest BCUT2D eigenvalue weighted by molar-refractivity contribution is 5.19. The summed E-state index contributed by atoms with van der Waals surface area (Å²) in [5.41, 5.74) is 0.157. The third-order valence-corrected chi connectivity index (χ3v) is 2.71. The Kier molecular flexibility index (Phi) is 3.66. The van der Waals surface area contributed by atoms with E-state index in [1.54, 1.807) is 7.05 Å². The Hall–Kier alpha value is -1.82. The zero-order chi connectivity index (χ0) is 13.1. The molecule has 1 aromatic carbocycles. The summed E-state index contributed by atoms with van der Waals surface area (Å²) in [6, 6.07) is 3.93. The summed E-state index contributed by atoms with van der Waals surface area (Å²) < 4.78 is 27.9. The van der Waals surface area contributed by atoms with Gasteiger partial charge in [-0.3, -0.25) is 4.68 Å². The predicted molar refractivity (Wildman–Crippen MR) is 60.8 cm³/mol. The van der Waals surface area contributed by atoms with Crippen LogP contribution in [0.2, 0.25) is 0 Å². The molecule has 1 N–H and O–H groups in total. The van der Waals surface area contributed by atoms with E-state index in [1.807, 2.05) is 0 Å². The fraction of sp³-hybridized carbons (Fsp3) is 0.333. The largest absolute Gasteiger partial charge is 0.392 e. The first-order valence-electron chi connectivity index (χ1n) is 5.51. The summed E-state index contributed by atoms with van der Waals surface area (Å²) in [6.45, 7) is 0. The van der Waals surface area contributed by atoms with Crippen molar-refractivity contribution in [2.75, 3.05) is 0 Å². The number of aliphatic hydroxyl groups is 1. The molecule has 0 spiro atoms. The quantitative estimate of drug-likeness (QED) is 0.892. The number of halogens is 2.